The van der Waals surface area contributed by atoms with E-state index >= 15 is 0 Å². The topological polar surface area (TPSA) is 37.5 Å². The fraction of sp³-hybridized carbons (Fsp3) is 0.583. The van der Waals surface area contributed by atoms with E-state index in [1.165, 1.54) is 0 Å². The van der Waals surface area contributed by atoms with E-state index in [0.29, 0.717) is 12.3 Å². The van der Waals surface area contributed by atoms with Gasteiger partial charge in [-0.25, -0.2) is 4.98 Å². The smallest absolute Gasteiger partial charge is 0.193 e. The summed E-state index contributed by atoms with van der Waals surface area (Å²) in [5.74, 6) is 0.499. The predicted octanol–water partition coefficient (Wildman–Crippen LogP) is 2.74. The van der Waals surface area contributed by atoms with Crippen LogP contribution in [0.1, 0.15) is 32.9 Å². The summed E-state index contributed by atoms with van der Waals surface area (Å²) < 4.78 is 2.01. The minimum absolute atomic E-state index is 0.499. The predicted molar refractivity (Wildman–Crippen MR) is 66.9 cm³/mol. The average molecular weight is 238 g/mol. The van der Waals surface area contributed by atoms with Crippen molar-refractivity contribution >= 4 is 16.3 Å². The molecule has 0 aromatic carbocycles. The van der Waals surface area contributed by atoms with Crippen molar-refractivity contribution in [3.63, 3.8) is 0 Å². The van der Waals surface area contributed by atoms with Gasteiger partial charge >= 0.3 is 0 Å². The number of rotatable bonds is 4. The van der Waals surface area contributed by atoms with E-state index in [-0.39, 0.29) is 0 Å². The maximum absolute atomic E-state index is 10.3. The van der Waals surface area contributed by atoms with Crippen molar-refractivity contribution in [1.82, 2.24) is 9.38 Å². The molecule has 2 aromatic rings. The highest BCUT2D eigenvalue weighted by Gasteiger charge is 2.23. The van der Waals surface area contributed by atoms with Gasteiger partial charge in [-0.15, -0.1) is 11.3 Å². The molecule has 0 bridgehead atoms. The molecule has 0 fully saturated rings. The van der Waals surface area contributed by atoms with Crippen LogP contribution in [0.25, 0.3) is 4.96 Å². The first-order chi connectivity index (χ1) is 7.46. The van der Waals surface area contributed by atoms with E-state index in [1.54, 1.807) is 11.3 Å². The largest absolute Gasteiger partial charge is 0.390 e. The summed E-state index contributed by atoms with van der Waals surface area (Å²) in [6, 6.07) is 0. The van der Waals surface area contributed by atoms with E-state index in [1.807, 2.05) is 29.1 Å². The zero-order valence-electron chi connectivity index (χ0n) is 9.97. The van der Waals surface area contributed by atoms with E-state index in [4.69, 9.17) is 0 Å². The fourth-order valence-corrected chi connectivity index (χ4v) is 2.92. The minimum atomic E-state index is -0.655. The van der Waals surface area contributed by atoms with Gasteiger partial charge in [-0.2, -0.15) is 0 Å². The number of nitrogens with zero attached hydrogens (tertiary/aromatic N) is 2. The summed E-state index contributed by atoms with van der Waals surface area (Å²) in [7, 11) is 0. The summed E-state index contributed by atoms with van der Waals surface area (Å²) in [5.41, 5.74) is 0.315. The van der Waals surface area contributed by atoms with Gasteiger partial charge in [-0.3, -0.25) is 4.40 Å². The summed E-state index contributed by atoms with van der Waals surface area (Å²) in [6.45, 7) is 6.14. The normalized spacial score (nSPS) is 15.8. The molecule has 0 aliphatic heterocycles. The number of fused-ring (bicyclic) bond motifs is 1. The highest BCUT2D eigenvalue weighted by molar-refractivity contribution is 7.15. The summed E-state index contributed by atoms with van der Waals surface area (Å²) in [5, 5.41) is 12.3. The molecule has 1 N–H and O–H groups in total. The Hall–Kier alpha value is -0.870. The first-order valence-electron chi connectivity index (χ1n) is 5.60. The molecule has 2 aromatic heterocycles. The van der Waals surface area contributed by atoms with Crippen LogP contribution in [0.5, 0.6) is 0 Å². The Bertz CT molecular complexity index is 442. The Morgan fingerprint density at radius 1 is 1.56 bits per heavy atom. The van der Waals surface area contributed by atoms with Crippen LogP contribution in [0.15, 0.2) is 17.8 Å². The number of hydrogen-bond donors (Lipinski definition) is 1. The molecule has 2 heterocycles. The molecule has 0 saturated heterocycles. The highest BCUT2D eigenvalue weighted by atomic mass is 32.1. The fourth-order valence-electron chi connectivity index (χ4n) is 2.20. The van der Waals surface area contributed by atoms with Crippen LogP contribution in [0.3, 0.4) is 0 Å². The Morgan fingerprint density at radius 2 is 2.31 bits per heavy atom. The maximum Gasteiger partial charge on any atom is 0.193 e. The molecule has 0 radical (unpaired) electrons. The van der Waals surface area contributed by atoms with Crippen molar-refractivity contribution in [2.24, 2.45) is 5.92 Å². The molecule has 3 nitrogen and oxygen atoms in total. The molecular weight excluding hydrogens is 220 g/mol. The minimum Gasteiger partial charge on any atom is -0.390 e. The Morgan fingerprint density at radius 3 is 2.94 bits per heavy atom. The van der Waals surface area contributed by atoms with Crippen LogP contribution < -0.4 is 0 Å². The zero-order valence-corrected chi connectivity index (χ0v) is 10.8. The van der Waals surface area contributed by atoms with Crippen LogP contribution >= 0.6 is 11.3 Å². The number of aromatic nitrogens is 2. The summed E-state index contributed by atoms with van der Waals surface area (Å²) >= 11 is 1.62. The summed E-state index contributed by atoms with van der Waals surface area (Å²) in [4.78, 5) is 5.48. The highest BCUT2D eigenvalue weighted by Crippen LogP contribution is 2.22. The van der Waals surface area contributed by atoms with Crippen molar-refractivity contribution in [3.8, 4) is 0 Å². The quantitative estimate of drug-likeness (QED) is 0.889. The van der Waals surface area contributed by atoms with Gasteiger partial charge < -0.3 is 5.11 Å². The first kappa shape index (κ1) is 11.6. The number of hydrogen-bond acceptors (Lipinski definition) is 3. The van der Waals surface area contributed by atoms with Crippen LogP contribution in [-0.2, 0) is 6.42 Å². The Kier molecular flexibility index (Phi) is 3.04. The Balaban J connectivity index is 2.12. The van der Waals surface area contributed by atoms with Crippen molar-refractivity contribution in [2.45, 2.75) is 39.2 Å². The standard InChI is InChI=1S/C12H18N2OS/c1-9(2)6-12(3,15)7-10-8-14-4-5-16-11(14)13-10/h4-5,8-9,15H,6-7H2,1-3H3. The van der Waals surface area contributed by atoms with Gasteiger partial charge in [0.05, 0.1) is 11.3 Å². The second-order valence-corrected chi connectivity index (χ2v) is 5.97. The van der Waals surface area contributed by atoms with Crippen LogP contribution in [-0.4, -0.2) is 20.1 Å². The van der Waals surface area contributed by atoms with Crippen LogP contribution in [0.4, 0.5) is 0 Å². The molecule has 16 heavy (non-hydrogen) atoms. The van der Waals surface area contributed by atoms with E-state index in [0.717, 1.165) is 17.1 Å². The lowest BCUT2D eigenvalue weighted by atomic mass is 9.90. The molecule has 0 amide bonds. The summed E-state index contributed by atoms with van der Waals surface area (Å²) in [6.07, 6.45) is 5.42. The molecule has 2 rings (SSSR count). The SMILES string of the molecule is CC(C)CC(C)(O)Cc1cn2ccsc2n1. The van der Waals surface area contributed by atoms with Gasteiger partial charge in [-0.1, -0.05) is 13.8 Å². The van der Waals surface area contributed by atoms with Gasteiger partial charge in [0.15, 0.2) is 4.96 Å². The molecule has 4 heteroatoms. The van der Waals surface area contributed by atoms with Crippen molar-refractivity contribution in [2.75, 3.05) is 0 Å². The monoisotopic (exact) mass is 238 g/mol. The van der Waals surface area contributed by atoms with Crippen LogP contribution in [0.2, 0.25) is 0 Å². The molecule has 0 saturated carbocycles. The molecule has 1 unspecified atom stereocenters. The van der Waals surface area contributed by atoms with Crippen molar-refractivity contribution in [1.29, 1.82) is 0 Å². The van der Waals surface area contributed by atoms with Gasteiger partial charge in [0.2, 0.25) is 0 Å². The van der Waals surface area contributed by atoms with Gasteiger partial charge in [0.1, 0.15) is 0 Å². The zero-order chi connectivity index (χ0) is 11.8. The van der Waals surface area contributed by atoms with E-state index in [9.17, 15) is 5.11 Å². The average Bonchev–Trinajstić information content (AvgIpc) is 2.58. The Labute approximate surface area is 99.8 Å². The number of aliphatic hydroxyl groups is 1. The molecule has 1 atom stereocenters. The maximum atomic E-state index is 10.3. The second kappa shape index (κ2) is 4.18. The van der Waals surface area contributed by atoms with E-state index in [2.05, 4.69) is 18.8 Å². The first-order valence-corrected chi connectivity index (χ1v) is 6.48. The molecule has 0 spiro atoms. The molecule has 88 valence electrons. The second-order valence-electron chi connectivity index (χ2n) is 5.10. The van der Waals surface area contributed by atoms with Gasteiger partial charge in [0, 0.05) is 24.2 Å². The van der Waals surface area contributed by atoms with Crippen molar-refractivity contribution in [3.05, 3.63) is 23.5 Å². The molecule has 0 aliphatic carbocycles. The lowest BCUT2D eigenvalue weighted by molar-refractivity contribution is 0.0380. The van der Waals surface area contributed by atoms with Crippen LogP contribution in [0, 0.1) is 5.92 Å². The third kappa shape index (κ3) is 2.62. The number of imidazole rings is 1. The van der Waals surface area contributed by atoms with Gasteiger partial charge in [-0.05, 0) is 19.3 Å². The van der Waals surface area contributed by atoms with Gasteiger partial charge in [0.25, 0.3) is 0 Å². The lowest BCUT2D eigenvalue weighted by Gasteiger charge is -2.24. The third-order valence-electron chi connectivity index (χ3n) is 2.55. The molecular formula is C12H18N2OS. The molecule has 0 aliphatic rings. The third-order valence-corrected chi connectivity index (χ3v) is 3.32. The van der Waals surface area contributed by atoms with E-state index < -0.39 is 5.60 Å². The number of thiazole rings is 1. The van der Waals surface area contributed by atoms with Crippen molar-refractivity contribution < 1.29 is 5.11 Å². The lowest BCUT2D eigenvalue weighted by Crippen LogP contribution is -2.29.